The summed E-state index contributed by atoms with van der Waals surface area (Å²) in [4.78, 5) is 21.5. The van der Waals surface area contributed by atoms with Crippen LogP contribution in [0.1, 0.15) is 43.2 Å². The number of thiophene rings is 1. The smallest absolute Gasteiger partial charge is 0.223 e. The molecule has 4 nitrogen and oxygen atoms in total. The molecule has 25 heavy (non-hydrogen) atoms. The number of aromatic nitrogens is 1. The third-order valence-electron chi connectivity index (χ3n) is 5.74. The van der Waals surface area contributed by atoms with E-state index in [0.717, 1.165) is 44.5 Å². The van der Waals surface area contributed by atoms with E-state index in [1.165, 1.54) is 12.0 Å². The van der Waals surface area contributed by atoms with Crippen LogP contribution in [0.15, 0.2) is 41.4 Å². The number of nitrogens with zero attached hydrogens (tertiary/aromatic N) is 3. The fourth-order valence-electron chi connectivity index (χ4n) is 4.36. The minimum absolute atomic E-state index is 0.0519. The number of amides is 1. The maximum atomic E-state index is 12.6. The van der Waals surface area contributed by atoms with Gasteiger partial charge in [0, 0.05) is 44.0 Å². The van der Waals surface area contributed by atoms with E-state index in [9.17, 15) is 4.79 Å². The number of carbonyl (C=O) groups is 1. The van der Waals surface area contributed by atoms with Crippen molar-refractivity contribution < 1.29 is 4.79 Å². The lowest BCUT2D eigenvalue weighted by atomic mass is 9.87. The Bertz CT molecular complexity index is 703. The first-order valence-electron chi connectivity index (χ1n) is 9.18. The first kappa shape index (κ1) is 16.7. The summed E-state index contributed by atoms with van der Waals surface area (Å²) < 4.78 is 0. The normalized spacial score (nSPS) is 24.8. The largest absolute Gasteiger partial charge is 0.333 e. The Morgan fingerprint density at radius 1 is 1.12 bits per heavy atom. The molecule has 2 aromatic rings. The van der Waals surface area contributed by atoms with Crippen LogP contribution in [0, 0.1) is 0 Å². The summed E-state index contributed by atoms with van der Waals surface area (Å²) in [6.45, 7) is 3.95. The maximum Gasteiger partial charge on any atom is 0.223 e. The van der Waals surface area contributed by atoms with Crippen LogP contribution in [0.4, 0.5) is 0 Å². The number of likely N-dealkylation sites (tertiary alicyclic amines) is 2. The van der Waals surface area contributed by atoms with E-state index >= 15 is 0 Å². The van der Waals surface area contributed by atoms with Crippen LogP contribution in [0.5, 0.6) is 0 Å². The van der Waals surface area contributed by atoms with Gasteiger partial charge in [0.15, 0.2) is 0 Å². The van der Waals surface area contributed by atoms with E-state index in [1.807, 2.05) is 12.3 Å². The lowest BCUT2D eigenvalue weighted by Gasteiger charge is -2.38. The number of hydrogen-bond acceptors (Lipinski definition) is 4. The Morgan fingerprint density at radius 2 is 2.08 bits per heavy atom. The highest BCUT2D eigenvalue weighted by Crippen LogP contribution is 2.40. The molecule has 5 heteroatoms. The fraction of sp³-hybridized carbons (Fsp3) is 0.500. The van der Waals surface area contributed by atoms with Gasteiger partial charge in [0.1, 0.15) is 0 Å². The standard InChI is InChI=1S/C20H25N3OS/c24-19-4-7-20(23(19)15-17-3-1-9-21-13-17)6-2-10-22(11-8-20)14-18-5-12-25-16-18/h1,3,5,9,12-13,16H,2,4,6-8,10-11,14-15H2. The monoisotopic (exact) mass is 355 g/mol. The molecule has 2 aromatic heterocycles. The van der Waals surface area contributed by atoms with E-state index in [-0.39, 0.29) is 5.54 Å². The van der Waals surface area contributed by atoms with Gasteiger partial charge in [-0.25, -0.2) is 0 Å². The van der Waals surface area contributed by atoms with Crippen LogP contribution >= 0.6 is 11.3 Å². The van der Waals surface area contributed by atoms with Crippen LogP contribution in [0.25, 0.3) is 0 Å². The summed E-state index contributed by atoms with van der Waals surface area (Å²) in [6, 6.07) is 6.25. The summed E-state index contributed by atoms with van der Waals surface area (Å²) in [6.07, 6.45) is 8.77. The lowest BCUT2D eigenvalue weighted by Crippen LogP contribution is -2.45. The first-order chi connectivity index (χ1) is 12.3. The molecule has 0 aromatic carbocycles. The van der Waals surface area contributed by atoms with Gasteiger partial charge in [-0.3, -0.25) is 14.7 Å². The molecule has 0 N–H and O–H groups in total. The highest BCUT2D eigenvalue weighted by atomic mass is 32.1. The molecule has 4 rings (SSSR count). The molecule has 0 aliphatic carbocycles. The minimum Gasteiger partial charge on any atom is -0.333 e. The molecule has 2 aliphatic rings. The number of rotatable bonds is 4. The molecule has 0 bridgehead atoms. The average molecular weight is 356 g/mol. The van der Waals surface area contributed by atoms with Crippen molar-refractivity contribution in [3.05, 3.63) is 52.5 Å². The lowest BCUT2D eigenvalue weighted by molar-refractivity contribution is -0.132. The van der Waals surface area contributed by atoms with E-state index in [0.29, 0.717) is 18.9 Å². The molecule has 1 unspecified atom stereocenters. The van der Waals surface area contributed by atoms with Crippen molar-refractivity contribution in [3.63, 3.8) is 0 Å². The van der Waals surface area contributed by atoms with Crippen molar-refractivity contribution in [1.29, 1.82) is 0 Å². The Labute approximate surface area is 153 Å². The zero-order valence-corrected chi connectivity index (χ0v) is 15.4. The van der Waals surface area contributed by atoms with E-state index in [4.69, 9.17) is 0 Å². The molecule has 4 heterocycles. The van der Waals surface area contributed by atoms with E-state index < -0.39 is 0 Å². The molecule has 2 saturated heterocycles. The molecular weight excluding hydrogens is 330 g/mol. The second-order valence-corrected chi connectivity index (χ2v) is 8.11. The van der Waals surface area contributed by atoms with Gasteiger partial charge in [0.2, 0.25) is 5.91 Å². The predicted octanol–water partition coefficient (Wildman–Crippen LogP) is 3.69. The molecular formula is C20H25N3OS. The molecule has 0 saturated carbocycles. The highest BCUT2D eigenvalue weighted by Gasteiger charge is 2.45. The third kappa shape index (κ3) is 3.62. The molecule has 1 atom stereocenters. The Kier molecular flexibility index (Phi) is 4.86. The quantitative estimate of drug-likeness (QED) is 0.839. The average Bonchev–Trinajstić information content (AvgIpc) is 3.18. The highest BCUT2D eigenvalue weighted by molar-refractivity contribution is 7.07. The van der Waals surface area contributed by atoms with Gasteiger partial charge < -0.3 is 4.90 Å². The van der Waals surface area contributed by atoms with Crippen LogP contribution < -0.4 is 0 Å². The molecule has 1 spiro atoms. The van der Waals surface area contributed by atoms with Gasteiger partial charge in [-0.15, -0.1) is 0 Å². The number of carbonyl (C=O) groups excluding carboxylic acids is 1. The maximum absolute atomic E-state index is 12.6. The van der Waals surface area contributed by atoms with Crippen LogP contribution in [-0.2, 0) is 17.9 Å². The van der Waals surface area contributed by atoms with Crippen molar-refractivity contribution in [2.24, 2.45) is 0 Å². The Morgan fingerprint density at radius 3 is 2.88 bits per heavy atom. The van der Waals surface area contributed by atoms with Crippen LogP contribution in [0.3, 0.4) is 0 Å². The van der Waals surface area contributed by atoms with Gasteiger partial charge in [-0.2, -0.15) is 11.3 Å². The van der Waals surface area contributed by atoms with Crippen LogP contribution in [0.2, 0.25) is 0 Å². The van der Waals surface area contributed by atoms with Gasteiger partial charge in [0.25, 0.3) is 0 Å². The van der Waals surface area contributed by atoms with Gasteiger partial charge >= 0.3 is 0 Å². The first-order valence-corrected chi connectivity index (χ1v) is 10.1. The SMILES string of the molecule is O=C1CCC2(CCCN(Cc3ccsc3)CC2)N1Cc1cccnc1. The van der Waals surface area contributed by atoms with Crippen molar-refractivity contribution in [2.75, 3.05) is 13.1 Å². The predicted molar refractivity (Wildman–Crippen MR) is 100 cm³/mol. The second-order valence-electron chi connectivity index (χ2n) is 7.33. The van der Waals surface area contributed by atoms with Gasteiger partial charge in [-0.1, -0.05) is 6.07 Å². The Hall–Kier alpha value is -1.72. The number of pyridine rings is 1. The zero-order valence-electron chi connectivity index (χ0n) is 14.6. The van der Waals surface area contributed by atoms with Gasteiger partial charge in [-0.05, 0) is 66.2 Å². The summed E-state index contributed by atoms with van der Waals surface area (Å²) >= 11 is 1.77. The van der Waals surface area contributed by atoms with Crippen molar-refractivity contribution in [3.8, 4) is 0 Å². The second kappa shape index (κ2) is 7.26. The summed E-state index contributed by atoms with van der Waals surface area (Å²) in [5.41, 5.74) is 2.60. The molecule has 132 valence electrons. The molecule has 1 amide bonds. The van der Waals surface area contributed by atoms with Crippen LogP contribution in [-0.4, -0.2) is 39.3 Å². The fourth-order valence-corrected chi connectivity index (χ4v) is 5.02. The summed E-state index contributed by atoms with van der Waals surface area (Å²) in [5, 5.41) is 4.40. The number of hydrogen-bond donors (Lipinski definition) is 0. The van der Waals surface area contributed by atoms with E-state index in [2.05, 4.69) is 37.7 Å². The van der Waals surface area contributed by atoms with Crippen molar-refractivity contribution in [2.45, 2.75) is 50.7 Å². The topological polar surface area (TPSA) is 36.4 Å². The summed E-state index contributed by atoms with van der Waals surface area (Å²) in [5.74, 6) is 0.315. The minimum atomic E-state index is 0.0519. The molecule has 2 aliphatic heterocycles. The molecule has 0 radical (unpaired) electrons. The zero-order chi connectivity index (χ0) is 17.1. The van der Waals surface area contributed by atoms with Crippen molar-refractivity contribution >= 4 is 17.2 Å². The molecule has 2 fully saturated rings. The van der Waals surface area contributed by atoms with Crippen molar-refractivity contribution in [1.82, 2.24) is 14.8 Å². The van der Waals surface area contributed by atoms with Gasteiger partial charge in [0.05, 0.1) is 0 Å². The Balaban J connectivity index is 1.47. The third-order valence-corrected chi connectivity index (χ3v) is 6.47. The van der Waals surface area contributed by atoms with E-state index in [1.54, 1.807) is 17.5 Å². The summed E-state index contributed by atoms with van der Waals surface area (Å²) in [7, 11) is 0.